The van der Waals surface area contributed by atoms with E-state index >= 15 is 0 Å². The highest BCUT2D eigenvalue weighted by molar-refractivity contribution is 7.90. The summed E-state index contributed by atoms with van der Waals surface area (Å²) in [4.78, 5) is 0. The molecule has 1 aliphatic heterocycles. The number of hydrogen-bond acceptors (Lipinski definition) is 5. The molecule has 8 heteroatoms. The molecule has 0 radical (unpaired) electrons. The zero-order valence-electron chi connectivity index (χ0n) is 11.7. The van der Waals surface area contributed by atoms with Crippen LogP contribution in [0.1, 0.15) is 26.2 Å². The predicted octanol–water partition coefficient (Wildman–Crippen LogP) is 0.250. The lowest BCUT2D eigenvalue weighted by Crippen LogP contribution is -2.42. The van der Waals surface area contributed by atoms with Gasteiger partial charge >= 0.3 is 0 Å². The van der Waals surface area contributed by atoms with Crippen LogP contribution in [0.3, 0.4) is 0 Å². The smallest absolute Gasteiger partial charge is 0.211 e. The standard InChI is InChI=1S/C11H23NO5S2/c1-10-5-4-7-12(19(3,15)16)9-11(17-10)6-8-18(2,13)14/h10-11H,4-9H2,1-3H3/t10-,11+/m0/s1. The van der Waals surface area contributed by atoms with Gasteiger partial charge in [0.2, 0.25) is 10.0 Å². The third-order valence-corrected chi connectivity index (χ3v) is 5.38. The molecule has 0 unspecified atom stereocenters. The molecule has 2 atom stereocenters. The van der Waals surface area contributed by atoms with Gasteiger partial charge in [-0.05, 0) is 26.2 Å². The average Bonchev–Trinajstić information content (AvgIpc) is 2.17. The Kier molecular flexibility index (Phi) is 5.78. The molecule has 1 rings (SSSR count). The van der Waals surface area contributed by atoms with Crippen LogP contribution in [0.4, 0.5) is 0 Å². The van der Waals surface area contributed by atoms with Crippen molar-refractivity contribution in [2.45, 2.75) is 38.4 Å². The van der Waals surface area contributed by atoms with Crippen LogP contribution in [0.25, 0.3) is 0 Å². The molecule has 0 N–H and O–H groups in total. The molecule has 1 saturated heterocycles. The summed E-state index contributed by atoms with van der Waals surface area (Å²) in [5.74, 6) is 0.0159. The van der Waals surface area contributed by atoms with Crippen LogP contribution in [0.2, 0.25) is 0 Å². The van der Waals surface area contributed by atoms with Crippen LogP contribution in [0.15, 0.2) is 0 Å². The fourth-order valence-electron chi connectivity index (χ4n) is 2.12. The summed E-state index contributed by atoms with van der Waals surface area (Å²) >= 11 is 0. The van der Waals surface area contributed by atoms with Gasteiger partial charge in [-0.3, -0.25) is 0 Å². The van der Waals surface area contributed by atoms with E-state index in [0.717, 1.165) is 12.8 Å². The van der Waals surface area contributed by atoms with Gasteiger partial charge in [0.15, 0.2) is 0 Å². The van der Waals surface area contributed by atoms with Gasteiger partial charge in [0.05, 0.1) is 24.2 Å². The molecule has 0 bridgehead atoms. The van der Waals surface area contributed by atoms with E-state index < -0.39 is 19.9 Å². The van der Waals surface area contributed by atoms with Crippen LogP contribution < -0.4 is 0 Å². The average molecular weight is 313 g/mol. The van der Waals surface area contributed by atoms with Gasteiger partial charge in [-0.15, -0.1) is 0 Å². The van der Waals surface area contributed by atoms with E-state index in [-0.39, 0.29) is 24.5 Å². The zero-order chi connectivity index (χ0) is 14.7. The van der Waals surface area contributed by atoms with Crippen molar-refractivity contribution >= 4 is 19.9 Å². The minimum Gasteiger partial charge on any atom is -0.374 e. The molecule has 1 fully saturated rings. The van der Waals surface area contributed by atoms with E-state index in [1.165, 1.54) is 16.8 Å². The van der Waals surface area contributed by atoms with Gasteiger partial charge in [-0.25, -0.2) is 16.8 Å². The summed E-state index contributed by atoms with van der Waals surface area (Å²) in [6.45, 7) is 2.64. The van der Waals surface area contributed by atoms with E-state index in [2.05, 4.69) is 0 Å². The van der Waals surface area contributed by atoms with Crippen LogP contribution in [-0.4, -0.2) is 64.7 Å². The second-order valence-electron chi connectivity index (χ2n) is 5.25. The summed E-state index contributed by atoms with van der Waals surface area (Å²) in [6, 6.07) is 0. The molecule has 0 amide bonds. The summed E-state index contributed by atoms with van der Waals surface area (Å²) in [5.41, 5.74) is 0. The van der Waals surface area contributed by atoms with E-state index in [1.807, 2.05) is 6.92 Å². The van der Waals surface area contributed by atoms with E-state index in [9.17, 15) is 16.8 Å². The molecule has 0 aromatic rings. The first-order valence-corrected chi connectivity index (χ1v) is 10.3. The monoisotopic (exact) mass is 313 g/mol. The highest BCUT2D eigenvalue weighted by Crippen LogP contribution is 2.16. The fraction of sp³-hybridized carbons (Fsp3) is 1.00. The third-order valence-electron chi connectivity index (χ3n) is 3.13. The quantitative estimate of drug-likeness (QED) is 0.743. The molecule has 0 saturated carbocycles. The molecule has 0 aromatic carbocycles. The van der Waals surface area contributed by atoms with Gasteiger partial charge in [0, 0.05) is 19.3 Å². The molecule has 114 valence electrons. The summed E-state index contributed by atoms with van der Waals surface area (Å²) in [7, 11) is -6.33. The van der Waals surface area contributed by atoms with Gasteiger partial charge < -0.3 is 4.74 Å². The fourth-order valence-corrected chi connectivity index (χ4v) is 3.71. The van der Waals surface area contributed by atoms with Gasteiger partial charge in [-0.1, -0.05) is 0 Å². The highest BCUT2D eigenvalue weighted by Gasteiger charge is 2.26. The molecule has 0 spiro atoms. The van der Waals surface area contributed by atoms with Crippen molar-refractivity contribution < 1.29 is 21.6 Å². The largest absolute Gasteiger partial charge is 0.374 e. The minimum absolute atomic E-state index is 0.0159. The summed E-state index contributed by atoms with van der Waals surface area (Å²) in [5, 5.41) is 0. The molecular weight excluding hydrogens is 290 g/mol. The molecular formula is C11H23NO5S2. The SMILES string of the molecule is C[C@H]1CCCN(S(C)(=O)=O)C[C@@H](CCS(C)(=O)=O)O1. The van der Waals surface area contributed by atoms with E-state index in [1.54, 1.807) is 0 Å². The maximum atomic E-state index is 11.6. The van der Waals surface area contributed by atoms with Crippen molar-refractivity contribution in [3.63, 3.8) is 0 Å². The van der Waals surface area contributed by atoms with Gasteiger partial charge in [0.1, 0.15) is 9.84 Å². The Balaban J connectivity index is 2.73. The second-order valence-corrected chi connectivity index (χ2v) is 9.49. The van der Waals surface area contributed by atoms with Crippen LogP contribution in [0.5, 0.6) is 0 Å². The summed E-state index contributed by atoms with van der Waals surface area (Å²) in [6.07, 6.45) is 3.88. The minimum atomic E-state index is -3.27. The molecule has 0 aromatic heterocycles. The van der Waals surface area contributed by atoms with Gasteiger partial charge in [-0.2, -0.15) is 4.31 Å². The van der Waals surface area contributed by atoms with Crippen molar-refractivity contribution in [3.05, 3.63) is 0 Å². The highest BCUT2D eigenvalue weighted by atomic mass is 32.2. The van der Waals surface area contributed by atoms with Crippen LogP contribution in [-0.2, 0) is 24.6 Å². The predicted molar refractivity (Wildman–Crippen MR) is 74.3 cm³/mol. The maximum absolute atomic E-state index is 11.6. The number of hydrogen-bond donors (Lipinski definition) is 0. The van der Waals surface area contributed by atoms with Crippen molar-refractivity contribution in [2.75, 3.05) is 31.4 Å². The van der Waals surface area contributed by atoms with Crippen LogP contribution >= 0.6 is 0 Å². The lowest BCUT2D eigenvalue weighted by Gasteiger charge is -2.31. The first kappa shape index (κ1) is 16.9. The van der Waals surface area contributed by atoms with E-state index in [4.69, 9.17) is 4.74 Å². The lowest BCUT2D eigenvalue weighted by molar-refractivity contribution is -0.0263. The van der Waals surface area contributed by atoms with Crippen molar-refractivity contribution in [1.29, 1.82) is 0 Å². The first-order valence-electron chi connectivity index (χ1n) is 6.36. The molecule has 1 heterocycles. The number of nitrogens with zero attached hydrogens (tertiary/aromatic N) is 1. The van der Waals surface area contributed by atoms with Crippen molar-refractivity contribution in [3.8, 4) is 0 Å². The molecule has 1 aliphatic rings. The van der Waals surface area contributed by atoms with Crippen molar-refractivity contribution in [2.24, 2.45) is 0 Å². The number of sulfonamides is 1. The molecule has 6 nitrogen and oxygen atoms in total. The van der Waals surface area contributed by atoms with E-state index in [0.29, 0.717) is 13.0 Å². The number of ether oxygens (including phenoxy) is 1. The van der Waals surface area contributed by atoms with Crippen molar-refractivity contribution in [1.82, 2.24) is 4.31 Å². The van der Waals surface area contributed by atoms with Crippen LogP contribution in [0, 0.1) is 0 Å². The lowest BCUT2D eigenvalue weighted by atomic mass is 10.1. The third kappa shape index (κ3) is 6.69. The maximum Gasteiger partial charge on any atom is 0.211 e. The Bertz CT molecular complexity index is 485. The van der Waals surface area contributed by atoms with Gasteiger partial charge in [0.25, 0.3) is 0 Å². The number of sulfone groups is 1. The first-order chi connectivity index (χ1) is 8.58. The molecule has 0 aliphatic carbocycles. The Morgan fingerprint density at radius 2 is 1.84 bits per heavy atom. The Morgan fingerprint density at radius 3 is 2.37 bits per heavy atom. The Morgan fingerprint density at radius 1 is 1.21 bits per heavy atom. The Hall–Kier alpha value is -0.180. The second kappa shape index (κ2) is 6.51. The zero-order valence-corrected chi connectivity index (χ0v) is 13.3. The summed E-state index contributed by atoms with van der Waals surface area (Å²) < 4.78 is 52.8. The number of rotatable bonds is 4. The normalized spacial score (nSPS) is 27.7. The Labute approximate surface area is 116 Å². The topological polar surface area (TPSA) is 80.8 Å². The molecule has 19 heavy (non-hydrogen) atoms.